The highest BCUT2D eigenvalue weighted by Gasteiger charge is 2.12. The van der Waals surface area contributed by atoms with Crippen LogP contribution in [0.15, 0.2) is 52.1 Å². The van der Waals surface area contributed by atoms with Crippen molar-refractivity contribution in [3.63, 3.8) is 0 Å². The lowest BCUT2D eigenvalue weighted by atomic mass is 10.1. The highest BCUT2D eigenvalue weighted by molar-refractivity contribution is 7.15. The molecule has 0 aliphatic heterocycles. The molecule has 0 saturated carbocycles. The molecule has 0 N–H and O–H groups in total. The molecule has 182 valence electrons. The molecular formula is C26H27N3O5S. The van der Waals surface area contributed by atoms with Crippen molar-refractivity contribution >= 4 is 22.4 Å². The van der Waals surface area contributed by atoms with E-state index >= 15 is 0 Å². The van der Waals surface area contributed by atoms with Gasteiger partial charge in [0.25, 0.3) is 11.1 Å². The zero-order chi connectivity index (χ0) is 24.9. The second kappa shape index (κ2) is 10.7. The van der Waals surface area contributed by atoms with Crippen LogP contribution >= 0.6 is 11.3 Å². The third-order valence-electron chi connectivity index (χ3n) is 5.42. The molecule has 0 saturated heterocycles. The Morgan fingerprint density at radius 3 is 2.49 bits per heavy atom. The molecule has 2 heterocycles. The van der Waals surface area contributed by atoms with E-state index in [-0.39, 0.29) is 22.6 Å². The summed E-state index contributed by atoms with van der Waals surface area (Å²) >= 11 is 1.12. The summed E-state index contributed by atoms with van der Waals surface area (Å²) in [5.41, 5.74) is 1.07. The molecule has 0 aliphatic rings. The van der Waals surface area contributed by atoms with E-state index in [1.807, 2.05) is 42.5 Å². The Morgan fingerprint density at radius 1 is 1.03 bits per heavy atom. The molecule has 0 amide bonds. The van der Waals surface area contributed by atoms with Crippen LogP contribution in [0.1, 0.15) is 37.1 Å². The topological polar surface area (TPSA) is 92.0 Å². The van der Waals surface area contributed by atoms with E-state index in [0.717, 1.165) is 34.6 Å². The van der Waals surface area contributed by atoms with Gasteiger partial charge in [0.05, 0.1) is 25.4 Å². The minimum absolute atomic E-state index is 0.207. The molecule has 4 rings (SSSR count). The molecule has 4 aromatic rings. The summed E-state index contributed by atoms with van der Waals surface area (Å²) in [5.74, 6) is 2.51. The molecule has 0 atom stereocenters. The number of rotatable bonds is 9. The largest absolute Gasteiger partial charge is 0.497 e. The molecule has 8 nitrogen and oxygen atoms in total. The Bertz CT molecular complexity index is 1490. The first-order valence-electron chi connectivity index (χ1n) is 11.3. The van der Waals surface area contributed by atoms with Crippen molar-refractivity contribution in [3.05, 3.63) is 84.5 Å². The Balaban J connectivity index is 1.64. The van der Waals surface area contributed by atoms with Gasteiger partial charge in [0.2, 0.25) is 4.96 Å². The van der Waals surface area contributed by atoms with Crippen molar-refractivity contribution in [2.75, 3.05) is 20.8 Å². The highest BCUT2D eigenvalue weighted by atomic mass is 32.1. The van der Waals surface area contributed by atoms with Crippen molar-refractivity contribution in [1.82, 2.24) is 14.6 Å². The molecule has 0 spiro atoms. The maximum Gasteiger partial charge on any atom is 0.296 e. The number of hydrogen-bond acceptors (Lipinski definition) is 8. The first-order chi connectivity index (χ1) is 16.9. The summed E-state index contributed by atoms with van der Waals surface area (Å²) in [6.07, 6.45) is 2.94. The first-order valence-corrected chi connectivity index (χ1v) is 12.1. The van der Waals surface area contributed by atoms with Gasteiger partial charge in [-0.2, -0.15) is 14.6 Å². The molecule has 2 aromatic heterocycles. The monoisotopic (exact) mass is 493 g/mol. The first kappa shape index (κ1) is 24.4. The zero-order valence-electron chi connectivity index (χ0n) is 20.1. The van der Waals surface area contributed by atoms with Gasteiger partial charge in [0, 0.05) is 6.42 Å². The molecule has 0 fully saturated rings. The maximum atomic E-state index is 13.0. The second-order valence-corrected chi connectivity index (χ2v) is 9.45. The van der Waals surface area contributed by atoms with E-state index in [1.165, 1.54) is 4.52 Å². The van der Waals surface area contributed by atoms with Gasteiger partial charge in [-0.05, 0) is 53.8 Å². The van der Waals surface area contributed by atoms with Crippen molar-refractivity contribution in [1.29, 1.82) is 0 Å². The molecule has 0 unspecified atom stereocenters. The summed E-state index contributed by atoms with van der Waals surface area (Å²) < 4.78 is 18.1. The van der Waals surface area contributed by atoms with Gasteiger partial charge in [0.15, 0.2) is 11.5 Å². The van der Waals surface area contributed by atoms with Crippen molar-refractivity contribution < 1.29 is 14.2 Å². The lowest BCUT2D eigenvalue weighted by Crippen LogP contribution is -2.28. The molecule has 0 bridgehead atoms. The van der Waals surface area contributed by atoms with Crippen LogP contribution in [0.25, 0.3) is 11.0 Å². The summed E-state index contributed by atoms with van der Waals surface area (Å²) in [4.78, 5) is 29.9. The van der Waals surface area contributed by atoms with E-state index in [0.29, 0.717) is 28.6 Å². The Labute approximate surface area is 206 Å². The van der Waals surface area contributed by atoms with E-state index in [2.05, 4.69) is 23.9 Å². The number of hydrogen-bond donors (Lipinski definition) is 0. The second-order valence-electron chi connectivity index (χ2n) is 8.44. The van der Waals surface area contributed by atoms with Crippen molar-refractivity contribution in [2.45, 2.75) is 26.7 Å². The molecule has 35 heavy (non-hydrogen) atoms. The van der Waals surface area contributed by atoms with Gasteiger partial charge in [-0.25, -0.2) is 0 Å². The lowest BCUT2D eigenvalue weighted by molar-refractivity contribution is 0.273. The maximum absolute atomic E-state index is 13.0. The molecule has 0 aliphatic carbocycles. The van der Waals surface area contributed by atoms with Gasteiger partial charge in [-0.15, -0.1) is 0 Å². The lowest BCUT2D eigenvalue weighted by Gasteiger charge is -2.12. The average Bonchev–Trinajstić information content (AvgIpc) is 3.14. The van der Waals surface area contributed by atoms with Crippen molar-refractivity contribution in [2.24, 2.45) is 5.92 Å². The van der Waals surface area contributed by atoms with Gasteiger partial charge in [-0.3, -0.25) is 9.59 Å². The van der Waals surface area contributed by atoms with Crippen molar-refractivity contribution in [3.8, 4) is 17.2 Å². The zero-order valence-corrected chi connectivity index (χ0v) is 20.9. The normalized spacial score (nSPS) is 11.9. The number of nitrogens with zero attached hydrogens (tertiary/aromatic N) is 3. The van der Waals surface area contributed by atoms with Gasteiger partial charge >= 0.3 is 0 Å². The van der Waals surface area contributed by atoms with Gasteiger partial charge in [0.1, 0.15) is 11.4 Å². The molecule has 9 heteroatoms. The number of aromatic nitrogens is 3. The number of methoxy groups -OCH3 is 2. The van der Waals surface area contributed by atoms with E-state index < -0.39 is 5.56 Å². The fourth-order valence-corrected chi connectivity index (χ4v) is 4.34. The summed E-state index contributed by atoms with van der Waals surface area (Å²) in [6, 6.07) is 12.8. The number of thiazole rings is 1. The average molecular weight is 494 g/mol. The quantitative estimate of drug-likeness (QED) is 0.354. The Hall–Kier alpha value is -3.72. The van der Waals surface area contributed by atoms with Crippen LogP contribution in [-0.4, -0.2) is 35.4 Å². The predicted octanol–water partition coefficient (Wildman–Crippen LogP) is 3.09. The number of ether oxygens (including phenoxy) is 3. The summed E-state index contributed by atoms with van der Waals surface area (Å²) in [7, 11) is 3.17. The van der Waals surface area contributed by atoms with Crippen LogP contribution in [0, 0.1) is 5.92 Å². The highest BCUT2D eigenvalue weighted by Crippen LogP contribution is 2.28. The van der Waals surface area contributed by atoms with E-state index in [4.69, 9.17) is 14.2 Å². The predicted molar refractivity (Wildman–Crippen MR) is 136 cm³/mol. The number of benzene rings is 2. The van der Waals surface area contributed by atoms with Crippen LogP contribution < -0.4 is 29.9 Å². The Morgan fingerprint density at radius 2 is 1.80 bits per heavy atom. The fourth-order valence-electron chi connectivity index (χ4n) is 3.44. The number of fused-ring (bicyclic) bond motifs is 1. The minimum Gasteiger partial charge on any atom is -0.497 e. The van der Waals surface area contributed by atoms with Gasteiger partial charge < -0.3 is 14.2 Å². The smallest absolute Gasteiger partial charge is 0.296 e. The molecule has 2 aromatic carbocycles. The van der Waals surface area contributed by atoms with Crippen LogP contribution in [0.4, 0.5) is 0 Å². The fraction of sp³-hybridized carbons (Fsp3) is 0.308. The molecule has 0 radical (unpaired) electrons. The van der Waals surface area contributed by atoms with Crippen LogP contribution in [-0.2, 0) is 6.42 Å². The summed E-state index contributed by atoms with van der Waals surface area (Å²) in [5, 5.41) is 4.31. The van der Waals surface area contributed by atoms with Crippen LogP contribution in [0.3, 0.4) is 0 Å². The van der Waals surface area contributed by atoms with E-state index in [9.17, 15) is 9.59 Å². The SMILES string of the molecule is COc1ccc(Cc2nn3c(=O)/c(=C/c4ccc(OCCC(C)C)c(OC)c4)sc3nc2=O)cc1. The van der Waals surface area contributed by atoms with Crippen LogP contribution in [0.5, 0.6) is 17.2 Å². The minimum atomic E-state index is -0.446. The third kappa shape index (κ3) is 5.68. The van der Waals surface area contributed by atoms with E-state index in [1.54, 1.807) is 20.3 Å². The van der Waals surface area contributed by atoms with Crippen LogP contribution in [0.2, 0.25) is 0 Å². The standard InChI is InChI=1S/C26H27N3O5S/c1-16(2)11-12-34-21-10-7-18(14-22(21)33-4)15-23-25(31)29-26(35-23)27-24(30)20(28-29)13-17-5-8-19(32-3)9-6-17/h5-10,14-16H,11-13H2,1-4H3/b23-15-. The summed E-state index contributed by atoms with van der Waals surface area (Å²) in [6.45, 7) is 4.88. The molecular weight excluding hydrogens is 466 g/mol. The Kier molecular flexibility index (Phi) is 7.45. The van der Waals surface area contributed by atoms with Gasteiger partial charge in [-0.1, -0.05) is 43.4 Å². The third-order valence-corrected chi connectivity index (χ3v) is 6.38.